The Bertz CT molecular complexity index is 1050. The zero-order valence-electron chi connectivity index (χ0n) is 17.4. The summed E-state index contributed by atoms with van der Waals surface area (Å²) in [4.78, 5) is 2.21. The van der Waals surface area contributed by atoms with Gasteiger partial charge in [-0.2, -0.15) is 5.10 Å². The van der Waals surface area contributed by atoms with Gasteiger partial charge in [-0.25, -0.2) is 4.68 Å². The van der Waals surface area contributed by atoms with E-state index >= 15 is 0 Å². The maximum Gasteiger partial charge on any atom is 0.199 e. The normalized spacial score (nSPS) is 14.5. The largest absolute Gasteiger partial charge is 0.497 e. The summed E-state index contributed by atoms with van der Waals surface area (Å²) in [5.74, 6) is 1.73. The summed E-state index contributed by atoms with van der Waals surface area (Å²) in [6.07, 6.45) is 4.74. The first kappa shape index (κ1) is 21.1. The highest BCUT2D eigenvalue weighted by atomic mass is 35.5. The van der Waals surface area contributed by atoms with Crippen LogP contribution in [0.5, 0.6) is 5.75 Å². The van der Waals surface area contributed by atoms with Crippen molar-refractivity contribution in [3.8, 4) is 17.1 Å². The van der Waals surface area contributed by atoms with E-state index in [0.717, 1.165) is 41.3 Å². The zero-order valence-corrected chi connectivity index (χ0v) is 19.0. The van der Waals surface area contributed by atoms with Crippen LogP contribution in [0.4, 0.5) is 0 Å². The summed E-state index contributed by atoms with van der Waals surface area (Å²) in [6.45, 7) is 1.41. The van der Waals surface area contributed by atoms with Gasteiger partial charge in [-0.3, -0.25) is 9.47 Å². The van der Waals surface area contributed by atoms with Gasteiger partial charge in [0.1, 0.15) is 5.75 Å². The number of benzene rings is 2. The molecule has 7 heteroatoms. The maximum absolute atomic E-state index is 6.52. The Kier molecular flexibility index (Phi) is 6.56. The minimum Gasteiger partial charge on any atom is -0.497 e. The molecule has 0 radical (unpaired) electrons. The van der Waals surface area contributed by atoms with Gasteiger partial charge in [-0.15, -0.1) is 0 Å². The number of methoxy groups -OCH3 is 1. The smallest absolute Gasteiger partial charge is 0.199 e. The molecule has 1 aliphatic rings. The van der Waals surface area contributed by atoms with Crippen molar-refractivity contribution in [2.75, 3.05) is 14.2 Å². The molecule has 3 aromatic rings. The molecule has 30 heavy (non-hydrogen) atoms. The fourth-order valence-electron chi connectivity index (χ4n) is 4.15. The number of halogens is 1. The van der Waals surface area contributed by atoms with Crippen molar-refractivity contribution in [1.29, 1.82) is 0 Å². The second-order valence-corrected chi connectivity index (χ2v) is 8.67. The number of ether oxygens (including phenoxy) is 1. The number of hydrogen-bond acceptors (Lipinski definition) is 4. The molecule has 0 spiro atoms. The highest BCUT2D eigenvalue weighted by molar-refractivity contribution is 7.71. The quantitative estimate of drug-likeness (QED) is 0.423. The summed E-state index contributed by atoms with van der Waals surface area (Å²) < 4.78 is 10.2. The van der Waals surface area contributed by atoms with Crippen molar-refractivity contribution in [1.82, 2.24) is 19.2 Å². The predicted octanol–water partition coefficient (Wildman–Crippen LogP) is 5.95. The van der Waals surface area contributed by atoms with Crippen LogP contribution in [0.2, 0.25) is 5.02 Å². The van der Waals surface area contributed by atoms with E-state index in [9.17, 15) is 0 Å². The van der Waals surface area contributed by atoms with Gasteiger partial charge in [-0.05, 0) is 61.9 Å². The summed E-state index contributed by atoms with van der Waals surface area (Å²) >= 11 is 12.4. The molecule has 0 aliphatic heterocycles. The van der Waals surface area contributed by atoms with Gasteiger partial charge in [0, 0.05) is 18.2 Å². The van der Waals surface area contributed by atoms with E-state index in [1.165, 1.54) is 18.4 Å². The average molecular weight is 443 g/mol. The maximum atomic E-state index is 6.52. The molecule has 0 N–H and O–H groups in total. The molecule has 158 valence electrons. The molecule has 5 nitrogen and oxygen atoms in total. The third-order valence-corrected chi connectivity index (χ3v) is 6.40. The first-order valence-corrected chi connectivity index (χ1v) is 11.1. The van der Waals surface area contributed by atoms with E-state index in [1.807, 2.05) is 41.1 Å². The van der Waals surface area contributed by atoms with Crippen LogP contribution >= 0.6 is 23.8 Å². The lowest BCUT2D eigenvalue weighted by molar-refractivity contribution is 0.243. The van der Waals surface area contributed by atoms with Crippen molar-refractivity contribution < 1.29 is 4.74 Å². The highest BCUT2D eigenvalue weighted by Crippen LogP contribution is 2.35. The van der Waals surface area contributed by atoms with Gasteiger partial charge in [0.2, 0.25) is 0 Å². The Morgan fingerprint density at radius 3 is 2.50 bits per heavy atom. The van der Waals surface area contributed by atoms with Crippen LogP contribution in [0.3, 0.4) is 0 Å². The molecule has 1 fully saturated rings. The van der Waals surface area contributed by atoms with Gasteiger partial charge in [0.15, 0.2) is 10.6 Å². The summed E-state index contributed by atoms with van der Waals surface area (Å²) in [5.41, 5.74) is 2.15. The molecular weight excluding hydrogens is 416 g/mol. The molecule has 4 rings (SSSR count). The van der Waals surface area contributed by atoms with Crippen molar-refractivity contribution in [2.45, 2.75) is 44.9 Å². The van der Waals surface area contributed by atoms with Crippen LogP contribution in [-0.4, -0.2) is 33.4 Å². The van der Waals surface area contributed by atoms with Crippen molar-refractivity contribution in [3.63, 3.8) is 0 Å². The van der Waals surface area contributed by atoms with Gasteiger partial charge in [0.25, 0.3) is 0 Å². The van der Waals surface area contributed by atoms with E-state index in [0.29, 0.717) is 17.7 Å². The number of rotatable bonds is 7. The number of hydrogen-bond donors (Lipinski definition) is 0. The Balaban J connectivity index is 1.62. The van der Waals surface area contributed by atoms with Gasteiger partial charge in [-0.1, -0.05) is 48.7 Å². The molecule has 0 unspecified atom stereocenters. The minimum absolute atomic E-state index is 0.393. The molecule has 1 saturated carbocycles. The van der Waals surface area contributed by atoms with Gasteiger partial charge < -0.3 is 4.74 Å². The average Bonchev–Trinajstić information content (AvgIpc) is 3.37. The van der Waals surface area contributed by atoms with E-state index in [1.54, 1.807) is 7.11 Å². The van der Waals surface area contributed by atoms with Gasteiger partial charge >= 0.3 is 0 Å². The predicted molar refractivity (Wildman–Crippen MR) is 123 cm³/mol. The summed E-state index contributed by atoms with van der Waals surface area (Å²) in [6, 6.07) is 16.4. The molecule has 0 saturated heterocycles. The van der Waals surface area contributed by atoms with Crippen LogP contribution in [0.1, 0.15) is 37.3 Å². The molecular formula is C23H27ClN4OS. The van der Waals surface area contributed by atoms with E-state index in [-0.39, 0.29) is 0 Å². The second kappa shape index (κ2) is 9.33. The lowest BCUT2D eigenvalue weighted by Crippen LogP contribution is -2.22. The Hall–Kier alpha value is -2.15. The third-order valence-electron chi connectivity index (χ3n) is 5.66. The SMILES string of the molecule is COc1ccc(CN(C)Cn2nc(-c3ccccc3Cl)n(C3CCCC3)c2=S)cc1. The molecule has 2 aromatic carbocycles. The van der Waals surface area contributed by atoms with Crippen LogP contribution in [0.15, 0.2) is 48.5 Å². The molecule has 0 amide bonds. The Labute approximate surface area is 187 Å². The highest BCUT2D eigenvalue weighted by Gasteiger charge is 2.24. The molecule has 1 aliphatic carbocycles. The molecule has 1 heterocycles. The number of aromatic nitrogens is 3. The molecule has 0 bridgehead atoms. The zero-order chi connectivity index (χ0) is 21.1. The van der Waals surface area contributed by atoms with Crippen LogP contribution < -0.4 is 4.74 Å². The van der Waals surface area contributed by atoms with Gasteiger partial charge in [0.05, 0.1) is 18.8 Å². The monoisotopic (exact) mass is 442 g/mol. The van der Waals surface area contributed by atoms with E-state index in [4.69, 9.17) is 33.7 Å². The van der Waals surface area contributed by atoms with Crippen LogP contribution in [0.25, 0.3) is 11.4 Å². The Morgan fingerprint density at radius 2 is 1.83 bits per heavy atom. The topological polar surface area (TPSA) is 35.2 Å². The Morgan fingerprint density at radius 1 is 1.13 bits per heavy atom. The lowest BCUT2D eigenvalue weighted by Gasteiger charge is -2.17. The first-order valence-electron chi connectivity index (χ1n) is 10.3. The van der Waals surface area contributed by atoms with Crippen molar-refractivity contribution in [2.24, 2.45) is 0 Å². The summed E-state index contributed by atoms with van der Waals surface area (Å²) in [7, 11) is 3.76. The fourth-order valence-corrected chi connectivity index (χ4v) is 4.71. The van der Waals surface area contributed by atoms with Crippen LogP contribution in [0, 0.1) is 4.77 Å². The molecule has 0 atom stereocenters. The number of nitrogens with zero attached hydrogens (tertiary/aromatic N) is 4. The standard InChI is InChI=1S/C23H27ClN4OS/c1-26(15-17-11-13-19(29-2)14-12-17)16-27-23(30)28(18-7-3-4-8-18)22(25-27)20-9-5-6-10-21(20)24/h5-6,9-14,18H,3-4,7-8,15-16H2,1-2H3. The fraction of sp³-hybridized carbons (Fsp3) is 0.391. The van der Waals surface area contributed by atoms with E-state index < -0.39 is 0 Å². The lowest BCUT2D eigenvalue weighted by atomic mass is 10.2. The van der Waals surface area contributed by atoms with E-state index in [2.05, 4.69) is 28.6 Å². The summed E-state index contributed by atoms with van der Waals surface area (Å²) in [5, 5.41) is 5.63. The third kappa shape index (κ3) is 4.46. The molecule has 1 aromatic heterocycles. The van der Waals surface area contributed by atoms with Crippen molar-refractivity contribution >= 4 is 23.8 Å². The van der Waals surface area contributed by atoms with Crippen molar-refractivity contribution in [3.05, 3.63) is 63.9 Å². The minimum atomic E-state index is 0.393. The first-order chi connectivity index (χ1) is 14.6. The van der Waals surface area contributed by atoms with Crippen LogP contribution in [-0.2, 0) is 13.2 Å². The second-order valence-electron chi connectivity index (χ2n) is 7.90.